The summed E-state index contributed by atoms with van der Waals surface area (Å²) in [6.45, 7) is 0.184. The molecule has 1 heterocycles. The molecule has 0 radical (unpaired) electrons. The quantitative estimate of drug-likeness (QED) is 0.498. The van der Waals surface area contributed by atoms with Crippen LogP contribution in [-0.2, 0) is 4.79 Å². The van der Waals surface area contributed by atoms with Crippen LogP contribution in [0.5, 0.6) is 0 Å². The standard InChI is InChI=1S/C10H9FN2O3S/c11-7-2-1-3-8(13(15)16)10(7)12-5-6(17)4-9(12)14/h1-3,6,17H,4-5H2. The summed E-state index contributed by atoms with van der Waals surface area (Å²) >= 11 is 4.13. The maximum atomic E-state index is 13.6. The van der Waals surface area contributed by atoms with E-state index in [0.29, 0.717) is 0 Å². The number of nitro benzene ring substituents is 1. The van der Waals surface area contributed by atoms with Crippen LogP contribution in [0.25, 0.3) is 0 Å². The molecule has 1 amide bonds. The molecular formula is C10H9FN2O3S. The minimum atomic E-state index is -0.769. The summed E-state index contributed by atoms with van der Waals surface area (Å²) in [6, 6.07) is 3.52. The molecule has 1 aliphatic heterocycles. The summed E-state index contributed by atoms with van der Waals surface area (Å²) in [6.07, 6.45) is 0.161. The third-order valence-corrected chi connectivity index (χ3v) is 2.88. The molecule has 1 saturated heterocycles. The number of anilines is 1. The number of nitrogens with zero attached hydrogens (tertiary/aromatic N) is 2. The number of carbonyl (C=O) groups excluding carboxylic acids is 1. The zero-order valence-corrected chi connectivity index (χ0v) is 9.56. The van der Waals surface area contributed by atoms with Gasteiger partial charge in [-0.15, -0.1) is 0 Å². The van der Waals surface area contributed by atoms with Crippen LogP contribution < -0.4 is 4.90 Å². The lowest BCUT2D eigenvalue weighted by atomic mass is 10.2. The molecule has 1 aliphatic rings. The van der Waals surface area contributed by atoms with Gasteiger partial charge < -0.3 is 4.90 Å². The van der Waals surface area contributed by atoms with Gasteiger partial charge in [0.05, 0.1) is 4.92 Å². The Balaban J connectivity index is 2.51. The highest BCUT2D eigenvalue weighted by Crippen LogP contribution is 2.34. The molecule has 1 unspecified atom stereocenters. The van der Waals surface area contributed by atoms with Crippen LogP contribution in [0.2, 0.25) is 0 Å². The van der Waals surface area contributed by atoms with Crippen LogP contribution in [0.1, 0.15) is 6.42 Å². The van der Waals surface area contributed by atoms with E-state index in [0.717, 1.165) is 11.0 Å². The predicted octanol–water partition coefficient (Wildman–Crippen LogP) is 1.77. The second-order valence-corrected chi connectivity index (χ2v) is 4.46. The lowest BCUT2D eigenvalue weighted by Gasteiger charge is -2.16. The first kappa shape index (κ1) is 11.8. The number of carbonyl (C=O) groups is 1. The number of para-hydroxylation sites is 1. The molecule has 0 aromatic heterocycles. The van der Waals surface area contributed by atoms with E-state index >= 15 is 0 Å². The van der Waals surface area contributed by atoms with Crippen LogP contribution in [0.4, 0.5) is 15.8 Å². The molecule has 0 aliphatic carbocycles. The molecule has 0 N–H and O–H groups in total. The molecular weight excluding hydrogens is 247 g/mol. The minimum absolute atomic E-state index is 0.161. The summed E-state index contributed by atoms with van der Waals surface area (Å²) in [5.41, 5.74) is -0.667. The van der Waals surface area contributed by atoms with Crippen LogP contribution >= 0.6 is 12.6 Å². The Morgan fingerprint density at radius 1 is 1.53 bits per heavy atom. The minimum Gasteiger partial charge on any atom is -0.303 e. The van der Waals surface area contributed by atoms with Gasteiger partial charge in [0.15, 0.2) is 11.5 Å². The molecule has 2 rings (SSSR count). The number of amides is 1. The van der Waals surface area contributed by atoms with Gasteiger partial charge in [-0.2, -0.15) is 12.6 Å². The summed E-state index contributed by atoms with van der Waals surface area (Å²) in [7, 11) is 0. The molecule has 0 saturated carbocycles. The molecule has 17 heavy (non-hydrogen) atoms. The smallest absolute Gasteiger partial charge is 0.296 e. The van der Waals surface area contributed by atoms with Gasteiger partial charge in [-0.1, -0.05) is 6.07 Å². The SMILES string of the molecule is O=C1CC(S)CN1c1c(F)cccc1[N+](=O)[O-]. The van der Waals surface area contributed by atoms with Gasteiger partial charge in [0.25, 0.3) is 5.69 Å². The van der Waals surface area contributed by atoms with E-state index in [1.807, 2.05) is 0 Å². The first-order chi connectivity index (χ1) is 8.00. The third kappa shape index (κ3) is 2.10. The monoisotopic (exact) mass is 256 g/mol. The highest BCUT2D eigenvalue weighted by Gasteiger charge is 2.34. The molecule has 90 valence electrons. The fourth-order valence-electron chi connectivity index (χ4n) is 1.82. The number of hydrogen-bond donors (Lipinski definition) is 1. The predicted molar refractivity (Wildman–Crippen MR) is 62.8 cm³/mol. The fourth-order valence-corrected chi connectivity index (χ4v) is 2.14. The van der Waals surface area contributed by atoms with Gasteiger partial charge >= 0.3 is 0 Å². The van der Waals surface area contributed by atoms with Crippen molar-refractivity contribution >= 4 is 29.9 Å². The van der Waals surface area contributed by atoms with Gasteiger partial charge in [-0.3, -0.25) is 14.9 Å². The lowest BCUT2D eigenvalue weighted by Crippen LogP contribution is -2.26. The molecule has 5 nitrogen and oxygen atoms in total. The summed E-state index contributed by atoms with van der Waals surface area (Å²) in [5, 5.41) is 10.6. The summed E-state index contributed by atoms with van der Waals surface area (Å²) in [4.78, 5) is 22.8. The molecule has 0 spiro atoms. The molecule has 1 fully saturated rings. The Hall–Kier alpha value is -1.63. The Labute approximate surface area is 102 Å². The van der Waals surface area contributed by atoms with Crippen molar-refractivity contribution in [2.24, 2.45) is 0 Å². The molecule has 1 aromatic rings. The summed E-state index contributed by atoms with van der Waals surface area (Å²) < 4.78 is 13.6. The molecule has 7 heteroatoms. The van der Waals surface area contributed by atoms with Crippen molar-refractivity contribution in [1.29, 1.82) is 0 Å². The Kier molecular flexibility index (Phi) is 3.01. The van der Waals surface area contributed by atoms with Gasteiger partial charge in [0.2, 0.25) is 5.91 Å². The van der Waals surface area contributed by atoms with E-state index in [-0.39, 0.29) is 29.8 Å². The van der Waals surface area contributed by atoms with E-state index in [4.69, 9.17) is 0 Å². The lowest BCUT2D eigenvalue weighted by molar-refractivity contribution is -0.384. The topological polar surface area (TPSA) is 63.5 Å². The van der Waals surface area contributed by atoms with Crippen molar-refractivity contribution in [2.45, 2.75) is 11.7 Å². The van der Waals surface area contributed by atoms with Gasteiger partial charge in [-0.05, 0) is 6.07 Å². The zero-order valence-electron chi connectivity index (χ0n) is 8.67. The second kappa shape index (κ2) is 4.33. The van der Waals surface area contributed by atoms with Crippen molar-refractivity contribution in [3.8, 4) is 0 Å². The Bertz CT molecular complexity index is 494. The largest absolute Gasteiger partial charge is 0.303 e. The van der Waals surface area contributed by atoms with Crippen molar-refractivity contribution < 1.29 is 14.1 Å². The fraction of sp³-hybridized carbons (Fsp3) is 0.300. The van der Waals surface area contributed by atoms with Crippen molar-refractivity contribution in [3.63, 3.8) is 0 Å². The van der Waals surface area contributed by atoms with Gasteiger partial charge in [0, 0.05) is 24.3 Å². The number of rotatable bonds is 2. The normalized spacial score (nSPS) is 19.8. The maximum absolute atomic E-state index is 13.6. The number of thiol groups is 1. The number of hydrogen-bond acceptors (Lipinski definition) is 4. The van der Waals surface area contributed by atoms with Gasteiger partial charge in [0.1, 0.15) is 0 Å². The number of halogens is 1. The van der Waals surface area contributed by atoms with E-state index < -0.39 is 16.4 Å². The Morgan fingerprint density at radius 3 is 2.76 bits per heavy atom. The zero-order chi connectivity index (χ0) is 12.6. The van der Waals surface area contributed by atoms with E-state index in [1.54, 1.807) is 0 Å². The van der Waals surface area contributed by atoms with Crippen LogP contribution in [0.3, 0.4) is 0 Å². The first-order valence-electron chi connectivity index (χ1n) is 4.92. The van der Waals surface area contributed by atoms with Crippen molar-refractivity contribution in [1.82, 2.24) is 0 Å². The van der Waals surface area contributed by atoms with Crippen LogP contribution in [0.15, 0.2) is 18.2 Å². The van der Waals surface area contributed by atoms with Gasteiger partial charge in [-0.25, -0.2) is 4.39 Å². The first-order valence-corrected chi connectivity index (χ1v) is 5.43. The average molecular weight is 256 g/mol. The van der Waals surface area contributed by atoms with E-state index in [2.05, 4.69) is 12.6 Å². The summed E-state index contributed by atoms with van der Waals surface area (Å²) in [5.74, 6) is -1.12. The molecule has 0 bridgehead atoms. The number of nitro groups is 1. The van der Waals surface area contributed by atoms with E-state index in [1.165, 1.54) is 12.1 Å². The van der Waals surface area contributed by atoms with Crippen LogP contribution in [0, 0.1) is 15.9 Å². The molecule has 1 aromatic carbocycles. The number of benzene rings is 1. The highest BCUT2D eigenvalue weighted by atomic mass is 32.1. The molecule has 1 atom stereocenters. The maximum Gasteiger partial charge on any atom is 0.296 e. The van der Waals surface area contributed by atoms with E-state index in [9.17, 15) is 19.3 Å². The average Bonchev–Trinajstić information content (AvgIpc) is 2.57. The van der Waals surface area contributed by atoms with Crippen molar-refractivity contribution in [3.05, 3.63) is 34.1 Å². The van der Waals surface area contributed by atoms with Crippen molar-refractivity contribution in [2.75, 3.05) is 11.4 Å². The highest BCUT2D eigenvalue weighted by molar-refractivity contribution is 7.81. The second-order valence-electron chi connectivity index (χ2n) is 3.73. The van der Waals surface area contributed by atoms with Crippen LogP contribution in [-0.4, -0.2) is 22.6 Å². The Morgan fingerprint density at radius 2 is 2.24 bits per heavy atom. The third-order valence-electron chi connectivity index (χ3n) is 2.54.